The van der Waals surface area contributed by atoms with Crippen molar-refractivity contribution in [1.29, 1.82) is 0 Å². The molecule has 0 saturated heterocycles. The Bertz CT molecular complexity index is 755. The van der Waals surface area contributed by atoms with Crippen LogP contribution in [0.15, 0.2) is 30.6 Å². The lowest BCUT2D eigenvalue weighted by Crippen LogP contribution is -2.02. The molecule has 2 aromatic heterocycles. The van der Waals surface area contributed by atoms with Gasteiger partial charge in [0.15, 0.2) is 0 Å². The summed E-state index contributed by atoms with van der Waals surface area (Å²) in [6.45, 7) is 2.51. The Morgan fingerprint density at radius 1 is 1.25 bits per heavy atom. The normalized spacial score (nSPS) is 10.9. The SMILES string of the molecule is Cc1sc2ncnc(NCc3ccc(F)cc3)c2c1Cl. The average Bonchev–Trinajstić information content (AvgIpc) is 2.74. The molecule has 0 unspecified atom stereocenters. The number of halogens is 2. The van der Waals surface area contributed by atoms with Gasteiger partial charge in [-0.15, -0.1) is 11.3 Å². The van der Waals surface area contributed by atoms with Crippen LogP contribution in [0.3, 0.4) is 0 Å². The molecule has 0 aliphatic rings. The first kappa shape index (κ1) is 13.3. The molecule has 3 aromatic rings. The number of anilines is 1. The molecule has 0 bridgehead atoms. The van der Waals surface area contributed by atoms with Crippen LogP contribution in [0.2, 0.25) is 5.02 Å². The van der Waals surface area contributed by atoms with Crippen molar-refractivity contribution < 1.29 is 4.39 Å². The summed E-state index contributed by atoms with van der Waals surface area (Å²) in [7, 11) is 0. The fourth-order valence-corrected chi connectivity index (χ4v) is 3.17. The Labute approximate surface area is 124 Å². The molecule has 0 saturated carbocycles. The molecule has 102 valence electrons. The average molecular weight is 308 g/mol. The first-order valence-corrected chi connectivity index (χ1v) is 7.22. The van der Waals surface area contributed by atoms with E-state index in [0.29, 0.717) is 17.4 Å². The van der Waals surface area contributed by atoms with E-state index in [1.807, 2.05) is 6.92 Å². The van der Waals surface area contributed by atoms with Gasteiger partial charge in [-0.05, 0) is 24.6 Å². The number of hydrogen-bond acceptors (Lipinski definition) is 4. The highest BCUT2D eigenvalue weighted by Crippen LogP contribution is 2.36. The molecule has 0 amide bonds. The van der Waals surface area contributed by atoms with Crippen LogP contribution < -0.4 is 5.32 Å². The van der Waals surface area contributed by atoms with E-state index in [1.54, 1.807) is 23.5 Å². The molecular weight excluding hydrogens is 297 g/mol. The molecule has 0 aliphatic heterocycles. The third-order valence-corrected chi connectivity index (χ3v) is 4.56. The molecule has 1 N–H and O–H groups in total. The summed E-state index contributed by atoms with van der Waals surface area (Å²) in [4.78, 5) is 10.3. The van der Waals surface area contributed by atoms with Gasteiger partial charge in [0, 0.05) is 11.4 Å². The molecule has 0 atom stereocenters. The predicted octanol–water partition coefficient (Wildman–Crippen LogP) is 4.40. The lowest BCUT2D eigenvalue weighted by molar-refractivity contribution is 0.627. The van der Waals surface area contributed by atoms with Crippen molar-refractivity contribution in [2.24, 2.45) is 0 Å². The molecule has 1 aromatic carbocycles. The highest BCUT2D eigenvalue weighted by atomic mass is 35.5. The van der Waals surface area contributed by atoms with Crippen molar-refractivity contribution in [1.82, 2.24) is 9.97 Å². The third-order valence-electron chi connectivity index (χ3n) is 2.96. The van der Waals surface area contributed by atoms with Gasteiger partial charge < -0.3 is 5.32 Å². The van der Waals surface area contributed by atoms with E-state index >= 15 is 0 Å². The second-order valence-electron chi connectivity index (χ2n) is 4.35. The first-order chi connectivity index (χ1) is 9.65. The highest BCUT2D eigenvalue weighted by molar-refractivity contribution is 7.19. The molecule has 20 heavy (non-hydrogen) atoms. The number of aryl methyl sites for hydroxylation is 1. The lowest BCUT2D eigenvalue weighted by Gasteiger charge is -2.07. The Hall–Kier alpha value is -1.72. The fourth-order valence-electron chi connectivity index (χ4n) is 1.93. The van der Waals surface area contributed by atoms with Gasteiger partial charge in [-0.2, -0.15) is 0 Å². The van der Waals surface area contributed by atoms with E-state index in [9.17, 15) is 4.39 Å². The van der Waals surface area contributed by atoms with Crippen LogP contribution >= 0.6 is 22.9 Å². The smallest absolute Gasteiger partial charge is 0.139 e. The predicted molar refractivity (Wildman–Crippen MR) is 80.9 cm³/mol. The molecule has 3 nitrogen and oxygen atoms in total. The second-order valence-corrected chi connectivity index (χ2v) is 5.94. The Kier molecular flexibility index (Phi) is 3.54. The number of aromatic nitrogens is 2. The maximum Gasteiger partial charge on any atom is 0.139 e. The molecule has 3 rings (SSSR count). The van der Waals surface area contributed by atoms with Crippen molar-refractivity contribution in [2.45, 2.75) is 13.5 Å². The zero-order chi connectivity index (χ0) is 14.1. The zero-order valence-corrected chi connectivity index (χ0v) is 12.2. The number of benzene rings is 1. The van der Waals surface area contributed by atoms with Gasteiger partial charge in [0.25, 0.3) is 0 Å². The number of fused-ring (bicyclic) bond motifs is 1. The van der Waals surface area contributed by atoms with Crippen molar-refractivity contribution in [3.63, 3.8) is 0 Å². The van der Waals surface area contributed by atoms with E-state index in [-0.39, 0.29) is 5.82 Å². The minimum atomic E-state index is -0.241. The lowest BCUT2D eigenvalue weighted by atomic mass is 10.2. The first-order valence-electron chi connectivity index (χ1n) is 6.03. The van der Waals surface area contributed by atoms with Crippen LogP contribution in [0.1, 0.15) is 10.4 Å². The second kappa shape index (κ2) is 5.34. The van der Waals surface area contributed by atoms with Crippen molar-refractivity contribution >= 4 is 39.0 Å². The summed E-state index contributed by atoms with van der Waals surface area (Å²) in [5, 5.41) is 4.76. The fraction of sp³-hybridized carbons (Fsp3) is 0.143. The summed E-state index contributed by atoms with van der Waals surface area (Å²) in [5.74, 6) is 0.461. The summed E-state index contributed by atoms with van der Waals surface area (Å²) < 4.78 is 12.9. The Morgan fingerprint density at radius 2 is 2.00 bits per heavy atom. The van der Waals surface area contributed by atoms with E-state index < -0.39 is 0 Å². The van der Waals surface area contributed by atoms with Crippen molar-refractivity contribution in [2.75, 3.05) is 5.32 Å². The van der Waals surface area contributed by atoms with Gasteiger partial charge >= 0.3 is 0 Å². The molecule has 0 fully saturated rings. The number of rotatable bonds is 3. The maximum atomic E-state index is 12.9. The minimum absolute atomic E-state index is 0.241. The van der Waals surface area contributed by atoms with Crippen molar-refractivity contribution in [3.05, 3.63) is 51.9 Å². The van der Waals surface area contributed by atoms with Crippen LogP contribution in [0.25, 0.3) is 10.2 Å². The van der Waals surface area contributed by atoms with Gasteiger partial charge in [0.1, 0.15) is 22.8 Å². The zero-order valence-electron chi connectivity index (χ0n) is 10.7. The molecular formula is C14H11ClFN3S. The summed E-state index contributed by atoms with van der Waals surface area (Å²) >= 11 is 7.83. The van der Waals surface area contributed by atoms with Crippen molar-refractivity contribution in [3.8, 4) is 0 Å². The van der Waals surface area contributed by atoms with Gasteiger partial charge in [-0.1, -0.05) is 23.7 Å². The highest BCUT2D eigenvalue weighted by Gasteiger charge is 2.13. The number of thiophene rings is 1. The Morgan fingerprint density at radius 3 is 2.75 bits per heavy atom. The number of nitrogens with zero attached hydrogens (tertiary/aromatic N) is 2. The van der Waals surface area contributed by atoms with Crippen LogP contribution in [0.5, 0.6) is 0 Å². The minimum Gasteiger partial charge on any atom is -0.365 e. The van der Waals surface area contributed by atoms with Crippen LogP contribution in [0, 0.1) is 12.7 Å². The molecule has 0 aliphatic carbocycles. The monoisotopic (exact) mass is 307 g/mol. The largest absolute Gasteiger partial charge is 0.365 e. The van der Waals surface area contributed by atoms with E-state index in [0.717, 1.165) is 20.7 Å². The molecule has 6 heteroatoms. The van der Waals surface area contributed by atoms with E-state index in [2.05, 4.69) is 15.3 Å². The molecule has 0 radical (unpaired) electrons. The van der Waals surface area contributed by atoms with Crippen LogP contribution in [0.4, 0.5) is 10.2 Å². The quantitative estimate of drug-likeness (QED) is 0.779. The van der Waals surface area contributed by atoms with Crippen LogP contribution in [-0.4, -0.2) is 9.97 Å². The van der Waals surface area contributed by atoms with Gasteiger partial charge in [0.05, 0.1) is 10.4 Å². The summed E-state index contributed by atoms with van der Waals surface area (Å²) in [5.41, 5.74) is 0.973. The Balaban J connectivity index is 1.89. The van der Waals surface area contributed by atoms with Gasteiger partial charge in [-0.25, -0.2) is 14.4 Å². The molecule has 2 heterocycles. The third kappa shape index (κ3) is 2.46. The van der Waals surface area contributed by atoms with E-state index in [1.165, 1.54) is 18.5 Å². The van der Waals surface area contributed by atoms with Gasteiger partial charge in [0.2, 0.25) is 0 Å². The number of nitrogens with one attached hydrogen (secondary N) is 1. The number of hydrogen-bond donors (Lipinski definition) is 1. The van der Waals surface area contributed by atoms with Gasteiger partial charge in [-0.3, -0.25) is 0 Å². The maximum absolute atomic E-state index is 12.9. The molecule has 0 spiro atoms. The topological polar surface area (TPSA) is 37.8 Å². The standard InChI is InChI=1S/C14H11ClFN3S/c1-8-12(15)11-13(18-7-19-14(11)20-8)17-6-9-2-4-10(16)5-3-9/h2-5,7H,6H2,1H3,(H,17,18,19). The van der Waals surface area contributed by atoms with E-state index in [4.69, 9.17) is 11.6 Å². The summed E-state index contributed by atoms with van der Waals surface area (Å²) in [6.07, 6.45) is 1.52. The van der Waals surface area contributed by atoms with Crippen LogP contribution in [-0.2, 0) is 6.54 Å². The summed E-state index contributed by atoms with van der Waals surface area (Å²) in [6, 6.07) is 6.35.